The number of nitrogens with zero attached hydrogens (tertiary/aromatic N) is 3. The third-order valence-corrected chi connectivity index (χ3v) is 4.95. The number of hydrogen-bond acceptors (Lipinski definition) is 5. The molecular formula is C23H20F2N4O2. The van der Waals surface area contributed by atoms with Crippen LogP contribution in [0.4, 0.5) is 14.7 Å². The van der Waals surface area contributed by atoms with Crippen LogP contribution in [0.2, 0.25) is 0 Å². The average molecular weight is 422 g/mol. The maximum atomic E-state index is 14.6. The summed E-state index contributed by atoms with van der Waals surface area (Å²) in [5.41, 5.74) is 1.85. The Morgan fingerprint density at radius 1 is 1.10 bits per heavy atom. The molecule has 0 aliphatic rings. The topological polar surface area (TPSA) is 80.0 Å². The number of benzene rings is 2. The Labute approximate surface area is 176 Å². The smallest absolute Gasteiger partial charge is 0.256 e. The molecule has 0 aliphatic heterocycles. The molecule has 6 nitrogen and oxygen atoms in total. The van der Waals surface area contributed by atoms with Crippen molar-refractivity contribution in [2.24, 2.45) is 0 Å². The van der Waals surface area contributed by atoms with Crippen molar-refractivity contribution >= 4 is 17.0 Å². The molecular weight excluding hydrogens is 402 g/mol. The number of halogens is 2. The summed E-state index contributed by atoms with van der Waals surface area (Å²) in [5, 5.41) is 12.9. The van der Waals surface area contributed by atoms with Crippen LogP contribution >= 0.6 is 0 Å². The third kappa shape index (κ3) is 3.89. The summed E-state index contributed by atoms with van der Waals surface area (Å²) in [7, 11) is 0. The SMILES string of the molecule is Cc1ccccc1-c1nc(N[C@@H](C)CO)nc2c1ccc(=O)n2-c1ccc(F)cc1F. The van der Waals surface area contributed by atoms with E-state index >= 15 is 0 Å². The van der Waals surface area contributed by atoms with Gasteiger partial charge in [-0.25, -0.2) is 13.8 Å². The molecule has 0 saturated heterocycles. The number of anilines is 1. The first-order valence-electron chi connectivity index (χ1n) is 9.71. The highest BCUT2D eigenvalue weighted by Crippen LogP contribution is 2.30. The number of hydrogen-bond donors (Lipinski definition) is 2. The monoisotopic (exact) mass is 422 g/mol. The first-order valence-corrected chi connectivity index (χ1v) is 9.71. The highest BCUT2D eigenvalue weighted by molar-refractivity contribution is 5.92. The zero-order valence-corrected chi connectivity index (χ0v) is 16.9. The minimum absolute atomic E-state index is 0.118. The largest absolute Gasteiger partial charge is 0.394 e. The first-order chi connectivity index (χ1) is 14.9. The standard InChI is InChI=1S/C23H20F2N4O2/c1-13-5-3-4-6-16(13)21-17-8-10-20(31)29(19-9-7-15(24)11-18(19)25)22(17)28-23(27-21)26-14(2)12-30/h3-11,14,30H,12H2,1-2H3,(H,26,27,28)/t14-/m0/s1. The van der Waals surface area contributed by atoms with E-state index in [0.29, 0.717) is 11.1 Å². The van der Waals surface area contributed by atoms with Crippen LogP contribution in [-0.4, -0.2) is 32.3 Å². The summed E-state index contributed by atoms with van der Waals surface area (Å²) in [6.07, 6.45) is 0. The molecule has 2 N–H and O–H groups in total. The molecule has 4 rings (SSSR count). The fraction of sp³-hybridized carbons (Fsp3) is 0.174. The predicted octanol–water partition coefficient (Wildman–Crippen LogP) is 3.83. The summed E-state index contributed by atoms with van der Waals surface area (Å²) in [6, 6.07) is 13.1. The molecule has 2 aromatic carbocycles. The van der Waals surface area contributed by atoms with Crippen LogP contribution in [0.5, 0.6) is 0 Å². The van der Waals surface area contributed by atoms with Crippen molar-refractivity contribution in [3.8, 4) is 16.9 Å². The molecule has 1 atom stereocenters. The number of aryl methyl sites for hydroxylation is 1. The van der Waals surface area contributed by atoms with E-state index < -0.39 is 17.2 Å². The van der Waals surface area contributed by atoms with Gasteiger partial charge in [0.2, 0.25) is 5.95 Å². The van der Waals surface area contributed by atoms with Gasteiger partial charge in [-0.1, -0.05) is 24.3 Å². The molecule has 158 valence electrons. The van der Waals surface area contributed by atoms with Crippen LogP contribution in [-0.2, 0) is 0 Å². The van der Waals surface area contributed by atoms with E-state index in [4.69, 9.17) is 0 Å². The highest BCUT2D eigenvalue weighted by atomic mass is 19.1. The van der Waals surface area contributed by atoms with Crippen molar-refractivity contribution in [2.75, 3.05) is 11.9 Å². The fourth-order valence-electron chi connectivity index (χ4n) is 3.38. The van der Waals surface area contributed by atoms with E-state index in [-0.39, 0.29) is 29.9 Å². The molecule has 0 amide bonds. The van der Waals surface area contributed by atoms with Gasteiger partial charge in [-0.05, 0) is 37.6 Å². The average Bonchev–Trinajstić information content (AvgIpc) is 2.74. The second kappa shape index (κ2) is 8.23. The van der Waals surface area contributed by atoms with Gasteiger partial charge in [0.15, 0.2) is 5.65 Å². The van der Waals surface area contributed by atoms with Gasteiger partial charge in [0.1, 0.15) is 11.6 Å². The second-order valence-corrected chi connectivity index (χ2v) is 7.28. The number of rotatable bonds is 5. The quantitative estimate of drug-likeness (QED) is 0.511. The van der Waals surface area contributed by atoms with Gasteiger partial charge in [0, 0.05) is 29.1 Å². The molecule has 4 aromatic rings. The Balaban J connectivity index is 2.09. The van der Waals surface area contributed by atoms with Crippen LogP contribution in [0.1, 0.15) is 12.5 Å². The number of pyridine rings is 1. The van der Waals surface area contributed by atoms with Crippen molar-refractivity contribution in [3.63, 3.8) is 0 Å². The van der Waals surface area contributed by atoms with Gasteiger partial charge in [-0.15, -0.1) is 0 Å². The van der Waals surface area contributed by atoms with Gasteiger partial charge in [-0.2, -0.15) is 4.98 Å². The summed E-state index contributed by atoms with van der Waals surface area (Å²) in [5.74, 6) is -1.46. The maximum absolute atomic E-state index is 14.6. The Hall–Kier alpha value is -3.65. The molecule has 0 fully saturated rings. The summed E-state index contributed by atoms with van der Waals surface area (Å²) >= 11 is 0. The van der Waals surface area contributed by atoms with Crippen molar-refractivity contribution in [2.45, 2.75) is 19.9 Å². The van der Waals surface area contributed by atoms with E-state index in [1.807, 2.05) is 31.2 Å². The zero-order chi connectivity index (χ0) is 22.1. The van der Waals surface area contributed by atoms with Crippen molar-refractivity contribution in [1.29, 1.82) is 0 Å². The van der Waals surface area contributed by atoms with Gasteiger partial charge in [0.05, 0.1) is 18.0 Å². The maximum Gasteiger partial charge on any atom is 0.256 e. The minimum atomic E-state index is -0.885. The number of fused-ring (bicyclic) bond motifs is 1. The lowest BCUT2D eigenvalue weighted by Gasteiger charge is -2.17. The number of nitrogens with one attached hydrogen (secondary N) is 1. The number of aromatic nitrogens is 3. The van der Waals surface area contributed by atoms with Crippen LogP contribution < -0.4 is 10.9 Å². The summed E-state index contributed by atoms with van der Waals surface area (Å²) < 4.78 is 29.2. The van der Waals surface area contributed by atoms with Gasteiger partial charge in [0.25, 0.3) is 5.56 Å². The lowest BCUT2D eigenvalue weighted by atomic mass is 10.0. The Morgan fingerprint density at radius 3 is 2.58 bits per heavy atom. The first kappa shape index (κ1) is 20.6. The van der Waals surface area contributed by atoms with Crippen LogP contribution in [0.25, 0.3) is 28.0 Å². The van der Waals surface area contributed by atoms with Gasteiger partial charge < -0.3 is 10.4 Å². The molecule has 0 unspecified atom stereocenters. The second-order valence-electron chi connectivity index (χ2n) is 7.28. The number of aliphatic hydroxyl groups is 1. The molecule has 2 aromatic heterocycles. The molecule has 0 bridgehead atoms. The number of aliphatic hydroxyl groups excluding tert-OH is 1. The van der Waals surface area contributed by atoms with E-state index in [0.717, 1.165) is 27.8 Å². The Kier molecular flexibility index (Phi) is 5.48. The van der Waals surface area contributed by atoms with Crippen molar-refractivity contribution in [1.82, 2.24) is 14.5 Å². The Bertz CT molecular complexity index is 1340. The van der Waals surface area contributed by atoms with Crippen LogP contribution in [0.3, 0.4) is 0 Å². The molecule has 2 heterocycles. The Morgan fingerprint density at radius 2 is 1.87 bits per heavy atom. The molecule has 0 aliphatic carbocycles. The lowest BCUT2D eigenvalue weighted by Crippen LogP contribution is -2.23. The molecule has 31 heavy (non-hydrogen) atoms. The molecule has 0 spiro atoms. The molecule has 0 saturated carbocycles. The molecule has 8 heteroatoms. The van der Waals surface area contributed by atoms with E-state index in [1.54, 1.807) is 13.0 Å². The lowest BCUT2D eigenvalue weighted by molar-refractivity contribution is 0.281. The van der Waals surface area contributed by atoms with Crippen LogP contribution in [0.15, 0.2) is 59.4 Å². The van der Waals surface area contributed by atoms with Crippen molar-refractivity contribution < 1.29 is 13.9 Å². The highest BCUT2D eigenvalue weighted by Gasteiger charge is 2.18. The van der Waals surface area contributed by atoms with E-state index in [2.05, 4.69) is 15.3 Å². The van der Waals surface area contributed by atoms with Gasteiger partial charge in [-0.3, -0.25) is 9.36 Å². The normalized spacial score (nSPS) is 12.2. The predicted molar refractivity (Wildman–Crippen MR) is 115 cm³/mol. The zero-order valence-electron chi connectivity index (χ0n) is 16.9. The summed E-state index contributed by atoms with van der Waals surface area (Å²) in [6.45, 7) is 3.52. The minimum Gasteiger partial charge on any atom is -0.394 e. The third-order valence-electron chi connectivity index (χ3n) is 4.95. The van der Waals surface area contributed by atoms with Crippen LogP contribution in [0, 0.1) is 18.6 Å². The van der Waals surface area contributed by atoms with Gasteiger partial charge >= 0.3 is 0 Å². The summed E-state index contributed by atoms with van der Waals surface area (Å²) in [4.78, 5) is 21.8. The van der Waals surface area contributed by atoms with Crippen molar-refractivity contribution in [3.05, 3.63) is 82.1 Å². The van der Waals surface area contributed by atoms with E-state index in [1.165, 1.54) is 12.1 Å². The molecule has 0 radical (unpaired) electrons. The fourth-order valence-corrected chi connectivity index (χ4v) is 3.38. The van der Waals surface area contributed by atoms with E-state index in [9.17, 15) is 18.7 Å².